The molecular formula is C22H21N7O2. The summed E-state index contributed by atoms with van der Waals surface area (Å²) in [4.78, 5) is 30.9. The molecule has 1 heterocycles. The Morgan fingerprint density at radius 2 is 1.87 bits per heavy atom. The number of nitriles is 1. The van der Waals surface area contributed by atoms with Crippen molar-refractivity contribution in [3.8, 4) is 6.07 Å². The second kappa shape index (κ2) is 10.5. The molecule has 0 saturated heterocycles. The van der Waals surface area contributed by atoms with Crippen molar-refractivity contribution in [1.29, 1.82) is 5.26 Å². The van der Waals surface area contributed by atoms with E-state index in [1.54, 1.807) is 36.4 Å². The van der Waals surface area contributed by atoms with Crippen LogP contribution in [0.15, 0.2) is 69.6 Å². The van der Waals surface area contributed by atoms with Crippen molar-refractivity contribution in [3.63, 3.8) is 0 Å². The zero-order valence-corrected chi connectivity index (χ0v) is 16.7. The molecule has 9 heteroatoms. The van der Waals surface area contributed by atoms with Gasteiger partial charge in [0.05, 0.1) is 23.9 Å². The standard InChI is InChI=1S/C22H21N7O2/c23-13-16-11-9-15(10-12-16)5-4-8-18(30)14-25-20-19(21(31)27-22(24)26-20)29-28-17-6-2-1-3-7-17/h1-3,6-7,9-12H,4-5,8,14H2,(H4,24,25,26,27,31). The van der Waals surface area contributed by atoms with E-state index in [-0.39, 0.29) is 29.8 Å². The fourth-order valence-electron chi connectivity index (χ4n) is 2.81. The van der Waals surface area contributed by atoms with E-state index in [1.807, 2.05) is 18.2 Å². The lowest BCUT2D eigenvalue weighted by Gasteiger charge is -2.08. The second-order valence-electron chi connectivity index (χ2n) is 6.74. The van der Waals surface area contributed by atoms with Crippen molar-refractivity contribution in [2.45, 2.75) is 19.3 Å². The number of aromatic nitrogens is 2. The first-order valence-corrected chi connectivity index (χ1v) is 9.66. The number of azo groups is 1. The average Bonchev–Trinajstić information content (AvgIpc) is 2.78. The third-order valence-electron chi connectivity index (χ3n) is 4.39. The summed E-state index contributed by atoms with van der Waals surface area (Å²) in [5.74, 6) is -0.0268. The molecule has 0 spiro atoms. The Balaban J connectivity index is 1.58. The van der Waals surface area contributed by atoms with Gasteiger partial charge in [-0.25, -0.2) is 0 Å². The average molecular weight is 415 g/mol. The Morgan fingerprint density at radius 3 is 2.58 bits per heavy atom. The van der Waals surface area contributed by atoms with Crippen LogP contribution in [0.25, 0.3) is 0 Å². The molecule has 3 rings (SSSR count). The van der Waals surface area contributed by atoms with Gasteiger partial charge >= 0.3 is 0 Å². The van der Waals surface area contributed by atoms with Crippen molar-refractivity contribution in [2.75, 3.05) is 17.6 Å². The highest BCUT2D eigenvalue weighted by atomic mass is 16.1. The van der Waals surface area contributed by atoms with Crippen LogP contribution in [0.1, 0.15) is 24.0 Å². The maximum absolute atomic E-state index is 12.3. The van der Waals surface area contributed by atoms with Gasteiger partial charge in [-0.1, -0.05) is 30.3 Å². The Bertz CT molecular complexity index is 1160. The van der Waals surface area contributed by atoms with E-state index >= 15 is 0 Å². The van der Waals surface area contributed by atoms with Gasteiger partial charge in [0.15, 0.2) is 17.3 Å². The molecule has 0 aliphatic heterocycles. The normalized spacial score (nSPS) is 10.7. The number of anilines is 2. The number of carbonyl (C=O) groups excluding carboxylic acids is 1. The van der Waals surface area contributed by atoms with Gasteiger partial charge < -0.3 is 11.1 Å². The molecule has 0 atom stereocenters. The molecule has 2 aromatic carbocycles. The van der Waals surface area contributed by atoms with Crippen LogP contribution in [0, 0.1) is 11.3 Å². The number of nitrogens with zero attached hydrogens (tertiary/aromatic N) is 4. The molecule has 156 valence electrons. The number of Topliss-reactive ketones (excluding diaryl/α,β-unsaturated/α-hetero) is 1. The molecule has 3 aromatic rings. The van der Waals surface area contributed by atoms with Crippen molar-refractivity contribution in [1.82, 2.24) is 9.97 Å². The number of hydrogen-bond acceptors (Lipinski definition) is 8. The van der Waals surface area contributed by atoms with Gasteiger partial charge in [-0.05, 0) is 42.7 Å². The van der Waals surface area contributed by atoms with E-state index in [0.29, 0.717) is 24.1 Å². The smallest absolute Gasteiger partial charge is 0.282 e. The Labute approximate surface area is 178 Å². The number of carbonyl (C=O) groups is 1. The van der Waals surface area contributed by atoms with Crippen LogP contribution in [0.4, 0.5) is 23.1 Å². The Kier molecular flexibility index (Phi) is 7.21. The third kappa shape index (κ3) is 6.33. The first-order chi connectivity index (χ1) is 15.0. The number of rotatable bonds is 9. The minimum atomic E-state index is -0.553. The van der Waals surface area contributed by atoms with Gasteiger partial charge in [0.1, 0.15) is 0 Å². The molecule has 0 radical (unpaired) electrons. The summed E-state index contributed by atoms with van der Waals surface area (Å²) in [6, 6.07) is 18.3. The summed E-state index contributed by atoms with van der Waals surface area (Å²) in [5.41, 5.74) is 7.26. The molecule has 4 N–H and O–H groups in total. The van der Waals surface area contributed by atoms with Crippen LogP contribution < -0.4 is 16.6 Å². The minimum absolute atomic E-state index is 0.0167. The van der Waals surface area contributed by atoms with E-state index < -0.39 is 5.56 Å². The number of nitrogens with two attached hydrogens (primary N) is 1. The lowest BCUT2D eigenvalue weighted by Crippen LogP contribution is -2.19. The number of aryl methyl sites for hydroxylation is 1. The number of benzene rings is 2. The van der Waals surface area contributed by atoms with Crippen LogP contribution in [0.5, 0.6) is 0 Å². The van der Waals surface area contributed by atoms with Gasteiger partial charge in [0.25, 0.3) is 5.56 Å². The SMILES string of the molecule is N#Cc1ccc(CCCC(=O)CNc2nc(N)[nH]c(=O)c2N=Nc2ccccc2)cc1. The van der Waals surface area contributed by atoms with Gasteiger partial charge in [0.2, 0.25) is 5.95 Å². The third-order valence-corrected chi connectivity index (χ3v) is 4.39. The predicted molar refractivity (Wildman–Crippen MR) is 117 cm³/mol. The first kappa shape index (κ1) is 21.4. The number of ketones is 1. The molecule has 0 aliphatic rings. The van der Waals surface area contributed by atoms with Crippen molar-refractivity contribution < 1.29 is 4.79 Å². The van der Waals surface area contributed by atoms with Gasteiger partial charge in [0, 0.05) is 6.42 Å². The van der Waals surface area contributed by atoms with Crippen LogP contribution in [0.3, 0.4) is 0 Å². The minimum Gasteiger partial charge on any atom is -0.369 e. The largest absolute Gasteiger partial charge is 0.369 e. The van der Waals surface area contributed by atoms with E-state index in [9.17, 15) is 9.59 Å². The molecule has 0 unspecified atom stereocenters. The quantitative estimate of drug-likeness (QED) is 0.454. The lowest BCUT2D eigenvalue weighted by molar-refractivity contribution is -0.117. The second-order valence-corrected chi connectivity index (χ2v) is 6.74. The molecule has 0 aliphatic carbocycles. The lowest BCUT2D eigenvalue weighted by atomic mass is 10.1. The summed E-state index contributed by atoms with van der Waals surface area (Å²) in [6.45, 7) is -0.0167. The van der Waals surface area contributed by atoms with Gasteiger partial charge in [-0.2, -0.15) is 15.4 Å². The number of nitrogen functional groups attached to an aromatic ring is 1. The first-order valence-electron chi connectivity index (χ1n) is 9.66. The van der Waals surface area contributed by atoms with Crippen LogP contribution in [-0.4, -0.2) is 22.3 Å². The predicted octanol–water partition coefficient (Wildman–Crippen LogP) is 3.64. The summed E-state index contributed by atoms with van der Waals surface area (Å²) in [7, 11) is 0. The van der Waals surface area contributed by atoms with Gasteiger partial charge in [-0.15, -0.1) is 5.11 Å². The number of aromatic amines is 1. The Hall–Kier alpha value is -4.32. The summed E-state index contributed by atoms with van der Waals surface area (Å²) in [6.07, 6.45) is 1.74. The molecule has 0 amide bonds. The maximum Gasteiger partial charge on any atom is 0.282 e. The molecular weight excluding hydrogens is 394 g/mol. The maximum atomic E-state index is 12.3. The highest BCUT2D eigenvalue weighted by Crippen LogP contribution is 2.21. The molecule has 1 aromatic heterocycles. The van der Waals surface area contributed by atoms with Crippen LogP contribution in [0.2, 0.25) is 0 Å². The molecule has 9 nitrogen and oxygen atoms in total. The van der Waals surface area contributed by atoms with E-state index in [1.165, 1.54) is 0 Å². The number of hydrogen-bond donors (Lipinski definition) is 3. The molecule has 0 saturated carbocycles. The Morgan fingerprint density at radius 1 is 1.13 bits per heavy atom. The highest BCUT2D eigenvalue weighted by molar-refractivity contribution is 5.83. The zero-order valence-electron chi connectivity index (χ0n) is 16.7. The fraction of sp³-hybridized carbons (Fsp3) is 0.182. The van der Waals surface area contributed by atoms with Gasteiger partial charge in [-0.3, -0.25) is 14.6 Å². The van der Waals surface area contributed by atoms with E-state index in [2.05, 4.69) is 31.6 Å². The van der Waals surface area contributed by atoms with E-state index in [4.69, 9.17) is 11.0 Å². The summed E-state index contributed by atoms with van der Waals surface area (Å²) >= 11 is 0. The summed E-state index contributed by atoms with van der Waals surface area (Å²) in [5, 5.41) is 19.7. The topological polar surface area (TPSA) is 149 Å². The summed E-state index contributed by atoms with van der Waals surface area (Å²) < 4.78 is 0. The molecule has 0 fully saturated rings. The molecule has 31 heavy (non-hydrogen) atoms. The van der Waals surface area contributed by atoms with Crippen molar-refractivity contribution in [2.24, 2.45) is 10.2 Å². The molecule has 0 bridgehead atoms. The number of H-pyrrole nitrogens is 1. The zero-order chi connectivity index (χ0) is 22.1. The number of nitrogens with one attached hydrogen (secondary N) is 2. The monoisotopic (exact) mass is 415 g/mol. The van der Waals surface area contributed by atoms with Crippen molar-refractivity contribution >= 4 is 28.9 Å². The van der Waals surface area contributed by atoms with E-state index in [0.717, 1.165) is 12.0 Å². The highest BCUT2D eigenvalue weighted by Gasteiger charge is 2.12. The van der Waals surface area contributed by atoms with Crippen LogP contribution in [-0.2, 0) is 11.2 Å². The van der Waals surface area contributed by atoms with Crippen molar-refractivity contribution in [3.05, 3.63) is 76.1 Å². The fourth-order valence-corrected chi connectivity index (χ4v) is 2.81. The van der Waals surface area contributed by atoms with Crippen LogP contribution >= 0.6 is 0 Å².